The summed E-state index contributed by atoms with van der Waals surface area (Å²) in [5, 5.41) is 5.62. The van der Waals surface area contributed by atoms with Crippen LogP contribution in [0.4, 0.5) is 10.5 Å². The molecule has 0 aromatic heterocycles. The highest BCUT2D eigenvalue weighted by molar-refractivity contribution is 5.95. The number of hydrogen-bond donors (Lipinski definition) is 2. The van der Waals surface area contributed by atoms with Crippen LogP contribution in [0.2, 0.25) is 0 Å². The van der Waals surface area contributed by atoms with E-state index in [-0.39, 0.29) is 18.1 Å². The molecule has 6 heteroatoms. The van der Waals surface area contributed by atoms with Gasteiger partial charge in [0.15, 0.2) is 0 Å². The van der Waals surface area contributed by atoms with Crippen molar-refractivity contribution in [2.24, 2.45) is 5.92 Å². The fourth-order valence-corrected chi connectivity index (χ4v) is 4.38. The highest BCUT2D eigenvalue weighted by atomic mass is 16.5. The van der Waals surface area contributed by atoms with Crippen molar-refractivity contribution in [2.75, 3.05) is 18.0 Å². The highest BCUT2D eigenvalue weighted by Crippen LogP contribution is 2.31. The summed E-state index contributed by atoms with van der Waals surface area (Å²) < 4.78 is 5.86. The molecule has 1 aliphatic carbocycles. The van der Waals surface area contributed by atoms with Gasteiger partial charge in [-0.05, 0) is 63.6 Å². The molecular weight excluding hydrogens is 366 g/mol. The fraction of sp³-hybridized carbons (Fsp3) is 0.565. The van der Waals surface area contributed by atoms with Gasteiger partial charge in [0.2, 0.25) is 0 Å². The average molecular weight is 400 g/mol. The van der Waals surface area contributed by atoms with Gasteiger partial charge in [0, 0.05) is 24.5 Å². The lowest BCUT2D eigenvalue weighted by Gasteiger charge is -2.31. The number of urea groups is 1. The number of ether oxygens (including phenoxy) is 1. The molecule has 29 heavy (non-hydrogen) atoms. The van der Waals surface area contributed by atoms with E-state index in [2.05, 4.69) is 36.3 Å². The van der Waals surface area contributed by atoms with Crippen LogP contribution in [0, 0.1) is 5.92 Å². The number of nitrogens with one attached hydrogen (secondary N) is 2. The SMILES string of the molecule is CCN(CC)c1ccc(C2NC(=O)NC(C)=C2C(=O)OC2CCCC(C)C2)cc1. The Morgan fingerprint density at radius 1 is 1.17 bits per heavy atom. The van der Waals surface area contributed by atoms with Gasteiger partial charge in [0.25, 0.3) is 0 Å². The van der Waals surface area contributed by atoms with Crippen molar-refractivity contribution in [3.8, 4) is 0 Å². The van der Waals surface area contributed by atoms with Crippen LogP contribution in [0.5, 0.6) is 0 Å². The Bertz CT molecular complexity index is 768. The number of rotatable bonds is 6. The summed E-state index contributed by atoms with van der Waals surface area (Å²) in [6.07, 6.45) is 4.04. The van der Waals surface area contributed by atoms with Gasteiger partial charge in [-0.2, -0.15) is 0 Å². The van der Waals surface area contributed by atoms with Crippen molar-refractivity contribution in [3.63, 3.8) is 0 Å². The van der Waals surface area contributed by atoms with Gasteiger partial charge in [0.1, 0.15) is 6.10 Å². The lowest BCUT2D eigenvalue weighted by atomic mass is 9.88. The topological polar surface area (TPSA) is 70.7 Å². The number of esters is 1. The first-order chi connectivity index (χ1) is 13.9. The predicted molar refractivity (Wildman–Crippen MR) is 115 cm³/mol. The van der Waals surface area contributed by atoms with Crippen LogP contribution in [-0.2, 0) is 9.53 Å². The lowest BCUT2D eigenvalue weighted by molar-refractivity contribution is -0.146. The summed E-state index contributed by atoms with van der Waals surface area (Å²) in [5.74, 6) is 0.233. The van der Waals surface area contributed by atoms with E-state index in [1.165, 1.54) is 6.42 Å². The number of carbonyl (C=O) groups excluding carboxylic acids is 2. The van der Waals surface area contributed by atoms with Gasteiger partial charge < -0.3 is 20.3 Å². The summed E-state index contributed by atoms with van der Waals surface area (Å²) in [7, 11) is 0. The van der Waals surface area contributed by atoms with E-state index in [0.29, 0.717) is 17.2 Å². The van der Waals surface area contributed by atoms with Crippen LogP contribution in [0.1, 0.15) is 65.0 Å². The minimum Gasteiger partial charge on any atom is -0.459 e. The largest absolute Gasteiger partial charge is 0.459 e. The Morgan fingerprint density at radius 3 is 2.48 bits per heavy atom. The standard InChI is InChI=1S/C23H33N3O3/c1-5-26(6-2)18-12-10-17(11-13-18)21-20(16(4)24-23(28)25-21)22(27)29-19-9-7-8-15(3)14-19/h10-13,15,19,21H,5-9,14H2,1-4H3,(H2,24,25,28). The van der Waals surface area contributed by atoms with E-state index in [1.807, 2.05) is 24.3 Å². The molecule has 0 radical (unpaired) electrons. The van der Waals surface area contributed by atoms with E-state index < -0.39 is 6.04 Å². The summed E-state index contributed by atoms with van der Waals surface area (Å²) in [6.45, 7) is 10.1. The highest BCUT2D eigenvalue weighted by Gasteiger charge is 2.34. The second kappa shape index (κ2) is 9.33. The van der Waals surface area contributed by atoms with Crippen molar-refractivity contribution in [3.05, 3.63) is 41.1 Å². The first kappa shape index (κ1) is 21.2. The first-order valence-electron chi connectivity index (χ1n) is 10.8. The Kier molecular flexibility index (Phi) is 6.83. The second-order valence-corrected chi connectivity index (χ2v) is 8.13. The molecule has 1 aliphatic heterocycles. The maximum Gasteiger partial charge on any atom is 0.338 e. The van der Waals surface area contributed by atoms with Crippen LogP contribution < -0.4 is 15.5 Å². The average Bonchev–Trinajstić information content (AvgIpc) is 2.68. The molecule has 1 fully saturated rings. The molecule has 2 N–H and O–H groups in total. The minimum absolute atomic E-state index is 0.0464. The van der Waals surface area contributed by atoms with Gasteiger partial charge in [-0.15, -0.1) is 0 Å². The number of carbonyl (C=O) groups is 2. The summed E-state index contributed by atoms with van der Waals surface area (Å²) in [5.41, 5.74) is 3.04. The first-order valence-corrected chi connectivity index (χ1v) is 10.8. The van der Waals surface area contributed by atoms with E-state index in [1.54, 1.807) is 6.92 Å². The molecule has 1 aromatic carbocycles. The maximum absolute atomic E-state index is 13.1. The lowest BCUT2D eigenvalue weighted by Crippen LogP contribution is -2.45. The third kappa shape index (κ3) is 4.92. The summed E-state index contributed by atoms with van der Waals surface area (Å²) in [4.78, 5) is 27.4. The van der Waals surface area contributed by atoms with Crippen LogP contribution in [0.3, 0.4) is 0 Å². The van der Waals surface area contributed by atoms with Crippen molar-refractivity contribution < 1.29 is 14.3 Å². The monoisotopic (exact) mass is 399 g/mol. The fourth-order valence-electron chi connectivity index (χ4n) is 4.38. The van der Waals surface area contributed by atoms with Gasteiger partial charge >= 0.3 is 12.0 Å². The van der Waals surface area contributed by atoms with Gasteiger partial charge in [-0.3, -0.25) is 0 Å². The van der Waals surface area contributed by atoms with Crippen molar-refractivity contribution in [1.29, 1.82) is 0 Å². The third-order valence-electron chi connectivity index (χ3n) is 6.01. The van der Waals surface area contributed by atoms with E-state index >= 15 is 0 Å². The normalized spacial score (nSPS) is 24.6. The Labute approximate surface area is 173 Å². The molecular formula is C23H33N3O3. The van der Waals surface area contributed by atoms with E-state index in [9.17, 15) is 9.59 Å². The molecule has 2 amide bonds. The van der Waals surface area contributed by atoms with Crippen LogP contribution >= 0.6 is 0 Å². The quantitative estimate of drug-likeness (QED) is 0.701. The second-order valence-electron chi connectivity index (χ2n) is 8.13. The molecule has 3 rings (SSSR count). The van der Waals surface area contributed by atoms with E-state index in [0.717, 1.165) is 43.6 Å². The predicted octanol–water partition coefficient (Wildman–Crippen LogP) is 4.28. The zero-order chi connectivity index (χ0) is 21.0. The summed E-state index contributed by atoms with van der Waals surface area (Å²) >= 11 is 0. The Hall–Kier alpha value is -2.50. The minimum atomic E-state index is -0.511. The van der Waals surface area contributed by atoms with Gasteiger partial charge in [0.05, 0.1) is 11.6 Å². The zero-order valence-corrected chi connectivity index (χ0v) is 18.0. The third-order valence-corrected chi connectivity index (χ3v) is 6.01. The summed E-state index contributed by atoms with van der Waals surface area (Å²) in [6, 6.07) is 7.22. The number of benzene rings is 1. The molecule has 0 saturated heterocycles. The molecule has 1 heterocycles. The Balaban J connectivity index is 1.83. The van der Waals surface area contributed by atoms with Crippen molar-refractivity contribution in [1.82, 2.24) is 10.6 Å². The molecule has 6 nitrogen and oxygen atoms in total. The molecule has 3 unspecified atom stereocenters. The molecule has 2 aliphatic rings. The number of amides is 2. The van der Waals surface area contributed by atoms with E-state index in [4.69, 9.17) is 4.74 Å². The molecule has 0 spiro atoms. The molecule has 3 atom stereocenters. The van der Waals surface area contributed by atoms with Gasteiger partial charge in [-0.25, -0.2) is 9.59 Å². The van der Waals surface area contributed by atoms with Crippen molar-refractivity contribution in [2.45, 2.75) is 65.5 Å². The molecule has 1 saturated carbocycles. The number of nitrogens with zero attached hydrogens (tertiary/aromatic N) is 1. The van der Waals surface area contributed by atoms with Crippen LogP contribution in [0.25, 0.3) is 0 Å². The number of anilines is 1. The molecule has 0 bridgehead atoms. The van der Waals surface area contributed by atoms with Gasteiger partial charge in [-0.1, -0.05) is 25.5 Å². The smallest absolute Gasteiger partial charge is 0.338 e. The molecule has 1 aromatic rings. The number of hydrogen-bond acceptors (Lipinski definition) is 4. The van der Waals surface area contributed by atoms with Crippen LogP contribution in [0.15, 0.2) is 35.5 Å². The zero-order valence-electron chi connectivity index (χ0n) is 18.0. The Morgan fingerprint density at radius 2 is 1.86 bits per heavy atom. The van der Waals surface area contributed by atoms with Crippen molar-refractivity contribution >= 4 is 17.7 Å². The molecule has 158 valence electrons. The maximum atomic E-state index is 13.1. The van der Waals surface area contributed by atoms with Crippen LogP contribution in [-0.4, -0.2) is 31.2 Å². The number of allylic oxidation sites excluding steroid dienone is 1.